The van der Waals surface area contributed by atoms with Gasteiger partial charge in [0.1, 0.15) is 0 Å². The molecule has 86 heavy (non-hydrogen) atoms. The number of hydrogen-bond donors (Lipinski definition) is 0. The van der Waals surface area contributed by atoms with Crippen LogP contribution in [0.4, 0.5) is 34.1 Å². The zero-order valence-electron chi connectivity index (χ0n) is 49.4. The Labute approximate surface area is 506 Å². The highest BCUT2D eigenvalue weighted by Gasteiger charge is 2.28. The molecule has 416 valence electrons. The van der Waals surface area contributed by atoms with E-state index >= 15 is 0 Å². The lowest BCUT2D eigenvalue weighted by Crippen LogP contribution is -2.12. The van der Waals surface area contributed by atoms with Gasteiger partial charge in [-0.25, -0.2) is 0 Å². The van der Waals surface area contributed by atoms with Gasteiger partial charge in [-0.15, -0.1) is 0 Å². The lowest BCUT2D eigenvalue weighted by molar-refractivity contribution is 0.602. The molecule has 0 saturated heterocycles. The minimum absolute atomic E-state index is 1.11. The maximum Gasteiger partial charge on any atom is 0.0619 e. The summed E-state index contributed by atoms with van der Waals surface area (Å²) >= 11 is 0. The highest BCUT2D eigenvalue weighted by molar-refractivity contribution is 6.45. The van der Waals surface area contributed by atoms with Crippen LogP contribution in [-0.4, -0.2) is 0 Å². The molecule has 2 fully saturated rings. The minimum atomic E-state index is 1.11. The van der Waals surface area contributed by atoms with Gasteiger partial charge in [-0.3, -0.25) is 0 Å². The van der Waals surface area contributed by atoms with E-state index in [1.807, 2.05) is 0 Å². The van der Waals surface area contributed by atoms with E-state index in [1.54, 1.807) is 11.1 Å². The maximum atomic E-state index is 2.50. The summed E-state index contributed by atoms with van der Waals surface area (Å²) in [5, 5.41) is 15.0. The Bertz CT molecular complexity index is 4440. The third-order valence-corrected chi connectivity index (χ3v) is 18.5. The number of fused-ring (bicyclic) bond motifs is 6. The fourth-order valence-corrected chi connectivity index (χ4v) is 14.1. The highest BCUT2D eigenvalue weighted by atomic mass is 15.2. The standard InChI is InChI=1S/C84H70N2/c1-57-27-47-67(48-28-57)85(69-51-43-61(44-52-69)33-31-59-35-39-65(40-36-59)55-63-15-5-3-6-16-63)83-73-21-11-9-19-71(73)79-76-24-14-26-78-82(76)80(75-23-13-25-77(83)81(75)79)72-20-10-12-22-74(72)84(78)86(68-49-29-58(2)30-50-68)70-53-45-62(46-54-70)34-32-60-37-41-66(42-38-60)56-64-17-7-4-8-18-64/h9-14,19-56H,3-8,15-18H2,1-2H3. The minimum Gasteiger partial charge on any atom is -0.309 e. The number of nitrogens with zero attached hydrogens (tertiary/aromatic N) is 2. The largest absolute Gasteiger partial charge is 0.309 e. The first-order chi connectivity index (χ1) is 42.5. The van der Waals surface area contributed by atoms with Crippen LogP contribution in [0.1, 0.15) is 109 Å². The number of anilines is 6. The molecule has 0 aromatic heterocycles. The smallest absolute Gasteiger partial charge is 0.0619 e. The van der Waals surface area contributed by atoms with Crippen LogP contribution in [0.15, 0.2) is 242 Å². The fourth-order valence-electron chi connectivity index (χ4n) is 14.1. The van der Waals surface area contributed by atoms with Crippen molar-refractivity contribution >= 4 is 135 Å². The molecule has 2 aliphatic carbocycles. The molecule has 13 aromatic rings. The van der Waals surface area contributed by atoms with Crippen LogP contribution in [0, 0.1) is 13.8 Å². The molecule has 0 amide bonds. The van der Waals surface area contributed by atoms with E-state index in [1.165, 1.54) is 174 Å². The van der Waals surface area contributed by atoms with Crippen molar-refractivity contribution in [2.45, 2.75) is 78.1 Å². The summed E-state index contributed by atoms with van der Waals surface area (Å²) in [7, 11) is 0. The molecular formula is C84H70N2. The number of aryl methyl sites for hydroxylation is 2. The van der Waals surface area contributed by atoms with Crippen LogP contribution in [-0.2, 0) is 0 Å². The average Bonchev–Trinajstić information content (AvgIpc) is 0.922. The summed E-state index contributed by atoms with van der Waals surface area (Å²) in [5.41, 5.74) is 19.8. The van der Waals surface area contributed by atoms with Gasteiger partial charge >= 0.3 is 0 Å². The quantitative estimate of drug-likeness (QED) is 0.0683. The van der Waals surface area contributed by atoms with Crippen LogP contribution in [0.5, 0.6) is 0 Å². The van der Waals surface area contributed by atoms with Gasteiger partial charge in [0, 0.05) is 55.1 Å². The third kappa shape index (κ3) is 10.1. The van der Waals surface area contributed by atoms with Gasteiger partial charge in [-0.2, -0.15) is 0 Å². The van der Waals surface area contributed by atoms with E-state index in [-0.39, 0.29) is 0 Å². The molecule has 2 aliphatic rings. The van der Waals surface area contributed by atoms with Crippen molar-refractivity contribution in [3.8, 4) is 0 Å². The van der Waals surface area contributed by atoms with Crippen LogP contribution in [0.3, 0.4) is 0 Å². The third-order valence-electron chi connectivity index (χ3n) is 18.5. The molecule has 0 spiro atoms. The second kappa shape index (κ2) is 23.0. The summed E-state index contributed by atoms with van der Waals surface area (Å²) in [6, 6.07) is 86.8. The summed E-state index contributed by atoms with van der Waals surface area (Å²) in [6.45, 7) is 4.35. The van der Waals surface area contributed by atoms with Crippen molar-refractivity contribution in [2.24, 2.45) is 0 Å². The monoisotopic (exact) mass is 1110 g/mol. The van der Waals surface area contributed by atoms with Gasteiger partial charge in [0.25, 0.3) is 0 Å². The second-order valence-corrected chi connectivity index (χ2v) is 24.2. The molecule has 2 heteroatoms. The van der Waals surface area contributed by atoms with Crippen molar-refractivity contribution in [1.29, 1.82) is 0 Å². The zero-order valence-corrected chi connectivity index (χ0v) is 49.4. The molecule has 0 radical (unpaired) electrons. The van der Waals surface area contributed by atoms with Gasteiger partial charge in [0.15, 0.2) is 0 Å². The van der Waals surface area contributed by atoms with Gasteiger partial charge in [0.2, 0.25) is 0 Å². The van der Waals surface area contributed by atoms with Crippen molar-refractivity contribution in [1.82, 2.24) is 0 Å². The average molecular weight is 1110 g/mol. The zero-order chi connectivity index (χ0) is 57.5. The molecule has 15 rings (SSSR count). The van der Waals surface area contributed by atoms with Crippen molar-refractivity contribution in [2.75, 3.05) is 9.80 Å². The molecule has 0 heterocycles. The summed E-state index contributed by atoms with van der Waals surface area (Å²) in [4.78, 5) is 5.01. The highest BCUT2D eigenvalue weighted by Crippen LogP contribution is 2.55. The fraction of sp³-hybridized carbons (Fsp3) is 0.143. The predicted octanol–water partition coefficient (Wildman–Crippen LogP) is 24.6. The first-order valence-electron chi connectivity index (χ1n) is 31.3. The van der Waals surface area contributed by atoms with Gasteiger partial charge < -0.3 is 9.80 Å². The first kappa shape index (κ1) is 53.0. The number of rotatable bonds is 12. The Morgan fingerprint density at radius 3 is 0.860 bits per heavy atom. The Morgan fingerprint density at radius 1 is 0.244 bits per heavy atom. The lowest BCUT2D eigenvalue weighted by Gasteiger charge is -2.31. The summed E-state index contributed by atoms with van der Waals surface area (Å²) in [6.07, 6.45) is 26.7. The van der Waals surface area contributed by atoms with Crippen LogP contribution in [0.2, 0.25) is 0 Å². The molecule has 2 saturated carbocycles. The van der Waals surface area contributed by atoms with Crippen molar-refractivity contribution < 1.29 is 0 Å². The lowest BCUT2D eigenvalue weighted by atomic mass is 9.83. The van der Waals surface area contributed by atoms with E-state index in [0.717, 1.165) is 33.9 Å². The van der Waals surface area contributed by atoms with E-state index < -0.39 is 0 Å². The summed E-state index contributed by atoms with van der Waals surface area (Å²) < 4.78 is 0. The molecule has 0 unspecified atom stereocenters. The molecule has 0 atom stereocenters. The normalized spacial score (nSPS) is 14.0. The Balaban J connectivity index is 0.863. The summed E-state index contributed by atoms with van der Waals surface area (Å²) in [5.74, 6) is 0. The van der Waals surface area contributed by atoms with E-state index in [9.17, 15) is 0 Å². The predicted molar refractivity (Wildman–Crippen MR) is 374 cm³/mol. The molecule has 2 nitrogen and oxygen atoms in total. The van der Waals surface area contributed by atoms with Crippen LogP contribution in [0.25, 0.3) is 101 Å². The number of hydrogen-bond acceptors (Lipinski definition) is 2. The molecule has 0 bridgehead atoms. The Kier molecular flexibility index (Phi) is 14.2. The van der Waals surface area contributed by atoms with Gasteiger partial charge in [-0.1, -0.05) is 254 Å². The molecular weight excluding hydrogens is 1040 g/mol. The van der Waals surface area contributed by atoms with Crippen LogP contribution < -0.4 is 9.80 Å². The first-order valence-corrected chi connectivity index (χ1v) is 31.3. The van der Waals surface area contributed by atoms with E-state index in [0.29, 0.717) is 0 Å². The number of benzene rings is 13. The molecule has 13 aromatic carbocycles. The van der Waals surface area contributed by atoms with Gasteiger partial charge in [0.05, 0.1) is 11.4 Å². The van der Waals surface area contributed by atoms with Gasteiger partial charge in [-0.05, 0) is 179 Å². The topological polar surface area (TPSA) is 6.48 Å². The van der Waals surface area contributed by atoms with E-state index in [4.69, 9.17) is 0 Å². The second-order valence-electron chi connectivity index (χ2n) is 24.2. The van der Waals surface area contributed by atoms with Crippen molar-refractivity contribution in [3.63, 3.8) is 0 Å². The molecule has 0 aliphatic heterocycles. The van der Waals surface area contributed by atoms with E-state index in [2.05, 4.69) is 291 Å². The Hall–Kier alpha value is -9.76. The maximum absolute atomic E-state index is 2.50. The number of allylic oxidation sites excluding steroid dienone is 2. The molecule has 0 N–H and O–H groups in total. The van der Waals surface area contributed by atoms with Crippen molar-refractivity contribution in [3.05, 3.63) is 286 Å². The SMILES string of the molecule is Cc1ccc(N(c2ccc(C=Cc3ccc(C=C4CCCCC4)cc3)cc2)c2c3ccccc3c3c4cccc5c(N(c6ccc(C)cc6)c6ccc(C=Cc7ccc(C=C8CCCCC8)cc7)cc6)c6ccccc6c(c6cccc2c63)c54)cc1. The Morgan fingerprint density at radius 2 is 0.512 bits per heavy atom. The van der Waals surface area contributed by atoms with Crippen LogP contribution >= 0.6 is 0 Å².